The predicted octanol–water partition coefficient (Wildman–Crippen LogP) is 5.28. The molecule has 0 aliphatic heterocycles. The minimum atomic E-state index is -0.498. The van der Waals surface area contributed by atoms with Crippen molar-refractivity contribution in [3.8, 4) is 0 Å². The average Bonchev–Trinajstić information content (AvgIpc) is 3.25. The molecule has 0 unspecified atom stereocenters. The lowest BCUT2D eigenvalue weighted by Gasteiger charge is -2.06. The Kier molecular flexibility index (Phi) is 4.91. The van der Waals surface area contributed by atoms with Gasteiger partial charge in [0, 0.05) is 16.7 Å². The maximum Gasteiger partial charge on any atom is 0.291 e. The van der Waals surface area contributed by atoms with Gasteiger partial charge in [0.15, 0.2) is 10.1 Å². The fraction of sp³-hybridized carbons (Fsp3) is 0.105. The zero-order valence-electron chi connectivity index (χ0n) is 14.2. The molecule has 0 atom stereocenters. The van der Waals surface area contributed by atoms with Crippen LogP contribution in [0.4, 0.5) is 10.1 Å². The number of carbonyl (C=O) groups is 1. The maximum atomic E-state index is 13.9. The van der Waals surface area contributed by atoms with Gasteiger partial charge in [0.2, 0.25) is 0 Å². The molecule has 4 rings (SSSR count). The van der Waals surface area contributed by atoms with Gasteiger partial charge >= 0.3 is 0 Å². The number of para-hydroxylation sites is 2. The Labute approximate surface area is 162 Å². The van der Waals surface area contributed by atoms with Gasteiger partial charge in [0.25, 0.3) is 5.91 Å². The van der Waals surface area contributed by atoms with Crippen molar-refractivity contribution in [2.24, 2.45) is 0 Å². The van der Waals surface area contributed by atoms with Gasteiger partial charge < -0.3 is 9.73 Å². The van der Waals surface area contributed by atoms with Crippen LogP contribution in [0, 0.1) is 12.7 Å². The minimum Gasteiger partial charge on any atom is -0.451 e. The number of rotatable bonds is 5. The van der Waals surface area contributed by atoms with E-state index in [1.165, 1.54) is 35.2 Å². The topological polar surface area (TPSA) is 68.0 Å². The number of carbonyl (C=O) groups excluding carboxylic acids is 1. The van der Waals surface area contributed by atoms with Gasteiger partial charge in [0.1, 0.15) is 16.4 Å². The van der Waals surface area contributed by atoms with Crippen LogP contribution in [0.1, 0.15) is 21.1 Å². The van der Waals surface area contributed by atoms with E-state index in [4.69, 9.17) is 4.42 Å². The van der Waals surface area contributed by atoms with Gasteiger partial charge in [-0.05, 0) is 25.1 Å². The van der Waals surface area contributed by atoms with E-state index in [0.717, 1.165) is 20.3 Å². The first kappa shape index (κ1) is 17.7. The predicted molar refractivity (Wildman–Crippen MR) is 105 cm³/mol. The van der Waals surface area contributed by atoms with Gasteiger partial charge in [-0.1, -0.05) is 53.4 Å². The smallest absolute Gasteiger partial charge is 0.291 e. The lowest BCUT2D eigenvalue weighted by molar-refractivity contribution is 0.0997. The fourth-order valence-electron chi connectivity index (χ4n) is 2.64. The summed E-state index contributed by atoms with van der Waals surface area (Å²) in [6.45, 7) is 1.89. The summed E-state index contributed by atoms with van der Waals surface area (Å²) >= 11 is 2.98. The molecule has 0 spiro atoms. The Morgan fingerprint density at radius 2 is 1.96 bits per heavy atom. The van der Waals surface area contributed by atoms with Crippen molar-refractivity contribution in [3.05, 3.63) is 70.7 Å². The molecule has 0 radical (unpaired) electrons. The molecule has 4 aromatic rings. The van der Waals surface area contributed by atoms with Crippen LogP contribution in [0.25, 0.3) is 11.0 Å². The number of nitrogens with zero attached hydrogens (tertiary/aromatic N) is 2. The lowest BCUT2D eigenvalue weighted by atomic mass is 10.1. The van der Waals surface area contributed by atoms with Crippen molar-refractivity contribution in [2.75, 3.05) is 5.32 Å². The molecule has 0 aliphatic rings. The highest BCUT2D eigenvalue weighted by Gasteiger charge is 2.22. The third kappa shape index (κ3) is 3.72. The molecule has 0 saturated heterocycles. The lowest BCUT2D eigenvalue weighted by Crippen LogP contribution is -2.13. The highest BCUT2D eigenvalue weighted by Crippen LogP contribution is 2.33. The first-order valence-electron chi connectivity index (χ1n) is 8.11. The molecule has 1 N–H and O–H groups in total. The van der Waals surface area contributed by atoms with E-state index in [1.807, 2.05) is 25.1 Å². The number of furan rings is 1. The number of anilines is 1. The van der Waals surface area contributed by atoms with Crippen LogP contribution < -0.4 is 5.32 Å². The Hall–Kier alpha value is -2.71. The van der Waals surface area contributed by atoms with Crippen molar-refractivity contribution in [3.63, 3.8) is 0 Å². The monoisotopic (exact) mass is 399 g/mol. The first-order valence-corrected chi connectivity index (χ1v) is 9.91. The van der Waals surface area contributed by atoms with Gasteiger partial charge in [-0.3, -0.25) is 4.79 Å². The van der Waals surface area contributed by atoms with E-state index in [1.54, 1.807) is 18.2 Å². The highest BCUT2D eigenvalue weighted by molar-refractivity contribution is 8.00. The SMILES string of the molecule is Cc1nnc(SCc2c(C(=O)Nc3ccccc3F)oc3ccccc23)s1. The van der Waals surface area contributed by atoms with Crippen molar-refractivity contribution in [2.45, 2.75) is 17.0 Å². The Morgan fingerprint density at radius 1 is 1.19 bits per heavy atom. The molecule has 0 fully saturated rings. The van der Waals surface area contributed by atoms with Crippen molar-refractivity contribution in [1.29, 1.82) is 0 Å². The number of amides is 1. The van der Waals surface area contributed by atoms with Crippen LogP contribution in [-0.2, 0) is 5.75 Å². The number of thioether (sulfide) groups is 1. The second-order valence-corrected chi connectivity index (χ2v) is 8.12. The number of benzene rings is 2. The number of fused-ring (bicyclic) bond motifs is 1. The summed E-state index contributed by atoms with van der Waals surface area (Å²) in [7, 11) is 0. The molecule has 2 heterocycles. The number of nitrogens with one attached hydrogen (secondary N) is 1. The van der Waals surface area contributed by atoms with Crippen LogP contribution in [0.5, 0.6) is 0 Å². The molecule has 2 aromatic heterocycles. The quantitative estimate of drug-likeness (QED) is 0.463. The van der Waals surface area contributed by atoms with Crippen molar-refractivity contribution in [1.82, 2.24) is 10.2 Å². The molecule has 0 aliphatic carbocycles. The van der Waals surface area contributed by atoms with Crippen LogP contribution in [0.2, 0.25) is 0 Å². The van der Waals surface area contributed by atoms with Crippen molar-refractivity contribution < 1.29 is 13.6 Å². The van der Waals surface area contributed by atoms with Crippen molar-refractivity contribution >= 4 is 45.7 Å². The summed E-state index contributed by atoms with van der Waals surface area (Å²) in [6.07, 6.45) is 0. The second-order valence-electron chi connectivity index (χ2n) is 5.72. The fourth-order valence-corrected chi connectivity index (χ4v) is 4.48. The highest BCUT2D eigenvalue weighted by atomic mass is 32.2. The summed E-state index contributed by atoms with van der Waals surface area (Å²) in [5.41, 5.74) is 1.47. The molecule has 27 heavy (non-hydrogen) atoms. The van der Waals surface area contributed by atoms with Crippen LogP contribution in [0.3, 0.4) is 0 Å². The number of hydrogen-bond donors (Lipinski definition) is 1. The van der Waals surface area contributed by atoms with E-state index < -0.39 is 11.7 Å². The van der Waals surface area contributed by atoms with E-state index in [0.29, 0.717) is 11.3 Å². The zero-order valence-corrected chi connectivity index (χ0v) is 15.9. The van der Waals surface area contributed by atoms with Crippen LogP contribution in [-0.4, -0.2) is 16.1 Å². The summed E-state index contributed by atoms with van der Waals surface area (Å²) in [6, 6.07) is 13.5. The van der Waals surface area contributed by atoms with Gasteiger partial charge in [-0.25, -0.2) is 4.39 Å². The molecule has 0 saturated carbocycles. The van der Waals surface area contributed by atoms with E-state index in [9.17, 15) is 9.18 Å². The van der Waals surface area contributed by atoms with Crippen LogP contribution in [0.15, 0.2) is 57.3 Å². The Bertz CT molecular complexity index is 1120. The summed E-state index contributed by atoms with van der Waals surface area (Å²) in [5, 5.41) is 12.4. The zero-order chi connectivity index (χ0) is 18.8. The summed E-state index contributed by atoms with van der Waals surface area (Å²) < 4.78 is 20.5. The van der Waals surface area contributed by atoms with Gasteiger partial charge in [-0.2, -0.15) is 0 Å². The molecule has 1 amide bonds. The number of hydrogen-bond acceptors (Lipinski definition) is 6. The van der Waals surface area contributed by atoms with E-state index in [-0.39, 0.29) is 11.4 Å². The average molecular weight is 399 g/mol. The third-order valence-electron chi connectivity index (χ3n) is 3.87. The molecule has 8 heteroatoms. The Balaban J connectivity index is 1.66. The standard InChI is InChI=1S/C19H14FN3O2S2/c1-11-22-23-19(27-11)26-10-13-12-6-2-5-9-16(12)25-17(13)18(24)21-15-8-4-3-7-14(15)20/h2-9H,10H2,1H3,(H,21,24). The molecule has 136 valence electrons. The molecule has 5 nitrogen and oxygen atoms in total. The maximum absolute atomic E-state index is 13.9. The molecule has 0 bridgehead atoms. The molecular formula is C19H14FN3O2S2. The normalized spacial score (nSPS) is 11.0. The molecule has 2 aromatic carbocycles. The molecular weight excluding hydrogens is 385 g/mol. The Morgan fingerprint density at radius 3 is 2.74 bits per heavy atom. The number of halogens is 1. The van der Waals surface area contributed by atoms with E-state index >= 15 is 0 Å². The minimum absolute atomic E-state index is 0.112. The van der Waals surface area contributed by atoms with E-state index in [2.05, 4.69) is 15.5 Å². The summed E-state index contributed by atoms with van der Waals surface area (Å²) in [5.74, 6) is -0.318. The third-order valence-corrected chi connectivity index (χ3v) is 5.87. The number of aryl methyl sites for hydroxylation is 1. The van der Waals surface area contributed by atoms with Gasteiger partial charge in [0.05, 0.1) is 5.69 Å². The summed E-state index contributed by atoms with van der Waals surface area (Å²) in [4.78, 5) is 12.8. The number of aromatic nitrogens is 2. The van der Waals surface area contributed by atoms with Gasteiger partial charge in [-0.15, -0.1) is 10.2 Å². The first-order chi connectivity index (χ1) is 13.1. The van der Waals surface area contributed by atoms with Crippen LogP contribution >= 0.6 is 23.1 Å². The largest absolute Gasteiger partial charge is 0.451 e. The second kappa shape index (κ2) is 7.50.